The molecule has 0 aromatic heterocycles. The molecule has 0 radical (unpaired) electrons. The predicted octanol–water partition coefficient (Wildman–Crippen LogP) is 2.05. The first-order chi connectivity index (χ1) is 18.6. The van der Waals surface area contributed by atoms with E-state index in [4.69, 9.17) is 5.73 Å². The monoisotopic (exact) mass is 549 g/mol. The Morgan fingerprint density at radius 1 is 1.07 bits per heavy atom. The van der Waals surface area contributed by atoms with Crippen molar-refractivity contribution >= 4 is 23.8 Å². The Bertz CT molecular complexity index is 1430. The zero-order valence-corrected chi connectivity index (χ0v) is 22.9. The molecule has 0 aliphatic heterocycles. The molecule has 2 saturated carbocycles. The number of ketones is 2. The summed E-state index contributed by atoms with van der Waals surface area (Å²) in [6, 6.07) is 9.89. The first kappa shape index (κ1) is 28.1. The highest BCUT2D eigenvalue weighted by atomic mass is 16.4. The lowest BCUT2D eigenvalue weighted by molar-refractivity contribution is -0.265. The van der Waals surface area contributed by atoms with E-state index in [9.17, 15) is 39.6 Å². The molecule has 2 aromatic rings. The van der Waals surface area contributed by atoms with Crippen molar-refractivity contribution in [3.63, 3.8) is 0 Å². The number of amides is 1. The highest BCUT2D eigenvalue weighted by molar-refractivity contribution is 6.09. The van der Waals surface area contributed by atoms with Crippen molar-refractivity contribution in [3.05, 3.63) is 53.1 Å². The number of carbonyl (C=O) groups excluding carboxylic acids is 4. The molecular formula is C31H35NO8. The summed E-state index contributed by atoms with van der Waals surface area (Å²) in [5.74, 6) is -7.26. The fourth-order valence-corrected chi connectivity index (χ4v) is 8.54. The second-order valence-electron chi connectivity index (χ2n) is 12.7. The largest absolute Gasteiger partial charge is 0.507 e. The van der Waals surface area contributed by atoms with Crippen molar-refractivity contribution in [2.24, 2.45) is 40.2 Å². The predicted molar refractivity (Wildman–Crippen MR) is 144 cm³/mol. The molecule has 1 amide bonds. The van der Waals surface area contributed by atoms with Gasteiger partial charge in [-0.3, -0.25) is 19.2 Å². The summed E-state index contributed by atoms with van der Waals surface area (Å²) in [6.07, 6.45) is -2.39. The average Bonchev–Trinajstić information content (AvgIpc) is 2.86. The zero-order chi connectivity index (χ0) is 29.5. The maximum Gasteiger partial charge on any atom is 0.230 e. The van der Waals surface area contributed by atoms with Crippen molar-refractivity contribution in [2.75, 3.05) is 0 Å². The van der Waals surface area contributed by atoms with Gasteiger partial charge in [0.1, 0.15) is 24.1 Å². The number of aromatic hydroxyl groups is 1. The Hall–Kier alpha value is -3.40. The summed E-state index contributed by atoms with van der Waals surface area (Å²) in [5.41, 5.74) is 2.98. The Morgan fingerprint density at radius 2 is 1.70 bits per heavy atom. The van der Waals surface area contributed by atoms with Crippen LogP contribution < -0.4 is 5.73 Å². The number of fused-ring (bicyclic) bond motifs is 3. The summed E-state index contributed by atoms with van der Waals surface area (Å²) in [7, 11) is 0. The van der Waals surface area contributed by atoms with Gasteiger partial charge in [0.15, 0.2) is 17.2 Å². The second kappa shape index (κ2) is 9.06. The third-order valence-electron chi connectivity index (χ3n) is 10.0. The standard InChI is InChI=1S/C31H35NO8/c1-14(2)22-25(36)21(28(32)39)26(37)31(40)27(38)23-24(35)20-18(11-29(23,3)13-30(22,31)4)17(9-10-19(20)34)16-7-5-15(12-33)6-8-16/h5-10,12,14,21-23,25,27,34,36,38,40H,11,13H2,1-4H3,(H2,32,39)/t21?,22-,23?,25?,27?,29+,30+,31-/m0/s1. The Morgan fingerprint density at radius 3 is 2.25 bits per heavy atom. The Labute approximate surface area is 232 Å². The van der Waals surface area contributed by atoms with Crippen LogP contribution in [-0.4, -0.2) is 62.0 Å². The Kier molecular flexibility index (Phi) is 6.37. The maximum atomic E-state index is 14.2. The topological polar surface area (TPSA) is 175 Å². The van der Waals surface area contributed by atoms with E-state index in [0.29, 0.717) is 16.7 Å². The summed E-state index contributed by atoms with van der Waals surface area (Å²) < 4.78 is 0. The summed E-state index contributed by atoms with van der Waals surface area (Å²) in [5, 5.41) is 46.1. The van der Waals surface area contributed by atoms with Crippen LogP contribution in [0, 0.1) is 34.5 Å². The normalized spacial score (nSPS) is 37.0. The number of hydrogen-bond acceptors (Lipinski definition) is 8. The molecular weight excluding hydrogens is 514 g/mol. The number of rotatable bonds is 4. The molecule has 0 spiro atoms. The van der Waals surface area contributed by atoms with E-state index in [0.717, 1.165) is 11.8 Å². The molecule has 212 valence electrons. The SMILES string of the molecule is CC(C)[C@H]1C(O)C(C(N)=O)C(=O)[C@]2(O)C(O)C3C(=O)c4c(O)ccc(-c5ccc(C=O)cc5)c4C[C@]3(C)C[C@]12C. The third-order valence-corrected chi connectivity index (χ3v) is 10.0. The van der Waals surface area contributed by atoms with Crippen LogP contribution in [0.5, 0.6) is 5.75 Å². The highest BCUT2D eigenvalue weighted by Gasteiger charge is 2.75. The Balaban J connectivity index is 1.72. The molecule has 40 heavy (non-hydrogen) atoms. The van der Waals surface area contributed by atoms with Gasteiger partial charge in [0.2, 0.25) is 5.91 Å². The molecule has 0 bridgehead atoms. The van der Waals surface area contributed by atoms with Crippen molar-refractivity contribution in [3.8, 4) is 16.9 Å². The zero-order valence-electron chi connectivity index (χ0n) is 22.9. The van der Waals surface area contributed by atoms with E-state index in [1.165, 1.54) is 6.07 Å². The average molecular weight is 550 g/mol. The quantitative estimate of drug-likeness (QED) is 0.284. The van der Waals surface area contributed by atoms with Gasteiger partial charge in [0.05, 0.1) is 17.6 Å². The number of hydrogen-bond donors (Lipinski definition) is 5. The molecule has 2 aromatic carbocycles. The van der Waals surface area contributed by atoms with Crippen LogP contribution in [0.3, 0.4) is 0 Å². The molecule has 8 atom stereocenters. The lowest BCUT2D eigenvalue weighted by Gasteiger charge is -2.66. The number of primary amides is 1. The van der Waals surface area contributed by atoms with Gasteiger partial charge in [-0.05, 0) is 52.8 Å². The van der Waals surface area contributed by atoms with Crippen molar-refractivity contribution in [1.82, 2.24) is 0 Å². The van der Waals surface area contributed by atoms with Crippen molar-refractivity contribution in [2.45, 2.75) is 58.3 Å². The van der Waals surface area contributed by atoms with Crippen molar-refractivity contribution < 1.29 is 39.6 Å². The first-order valence-electron chi connectivity index (χ1n) is 13.5. The number of carbonyl (C=O) groups is 4. The molecule has 0 saturated heterocycles. The molecule has 6 N–H and O–H groups in total. The number of aliphatic hydroxyl groups is 3. The number of phenolic OH excluding ortho intramolecular Hbond substituents is 1. The van der Waals surface area contributed by atoms with Crippen LogP contribution in [0.25, 0.3) is 11.1 Å². The van der Waals surface area contributed by atoms with Gasteiger partial charge >= 0.3 is 0 Å². The fraction of sp³-hybridized carbons (Fsp3) is 0.484. The molecule has 2 fully saturated rings. The van der Waals surface area contributed by atoms with Gasteiger partial charge in [-0.2, -0.15) is 0 Å². The van der Waals surface area contributed by atoms with Gasteiger partial charge in [-0.15, -0.1) is 0 Å². The second-order valence-corrected chi connectivity index (χ2v) is 12.7. The van der Waals surface area contributed by atoms with Crippen LogP contribution >= 0.6 is 0 Å². The van der Waals surface area contributed by atoms with E-state index in [1.54, 1.807) is 51.1 Å². The molecule has 9 nitrogen and oxygen atoms in total. The number of aldehydes is 1. The minimum atomic E-state index is -2.55. The smallest absolute Gasteiger partial charge is 0.230 e. The summed E-state index contributed by atoms with van der Waals surface area (Å²) in [4.78, 5) is 51.4. The van der Waals surface area contributed by atoms with Crippen LogP contribution in [0.1, 0.15) is 60.4 Å². The van der Waals surface area contributed by atoms with Gasteiger partial charge in [0, 0.05) is 11.0 Å². The van der Waals surface area contributed by atoms with Gasteiger partial charge in [-0.25, -0.2) is 0 Å². The molecule has 4 unspecified atom stereocenters. The van der Waals surface area contributed by atoms with E-state index in [1.807, 2.05) is 6.92 Å². The number of benzene rings is 2. The minimum Gasteiger partial charge on any atom is -0.507 e. The van der Waals surface area contributed by atoms with Gasteiger partial charge in [-0.1, -0.05) is 58.0 Å². The number of nitrogens with two attached hydrogens (primary N) is 1. The van der Waals surface area contributed by atoms with E-state index >= 15 is 0 Å². The van der Waals surface area contributed by atoms with Crippen LogP contribution in [0.15, 0.2) is 36.4 Å². The summed E-state index contributed by atoms with van der Waals surface area (Å²) >= 11 is 0. The number of phenols is 1. The van der Waals surface area contributed by atoms with Crippen LogP contribution in [0.2, 0.25) is 0 Å². The van der Waals surface area contributed by atoms with E-state index < -0.39 is 63.9 Å². The number of Topliss-reactive ketones (excluding diaryl/α,β-unsaturated/α-hetero) is 2. The van der Waals surface area contributed by atoms with Gasteiger partial charge < -0.3 is 26.2 Å². The van der Waals surface area contributed by atoms with Gasteiger partial charge in [0.25, 0.3) is 0 Å². The maximum absolute atomic E-state index is 14.2. The molecule has 9 heteroatoms. The molecule has 3 aliphatic rings. The lowest BCUT2D eigenvalue weighted by Crippen LogP contribution is -2.79. The molecule has 0 heterocycles. The van der Waals surface area contributed by atoms with Crippen LogP contribution in [-0.2, 0) is 16.0 Å². The first-order valence-corrected chi connectivity index (χ1v) is 13.5. The van der Waals surface area contributed by atoms with E-state index in [2.05, 4.69) is 0 Å². The molecule has 3 aliphatic carbocycles. The third kappa shape index (κ3) is 3.50. The minimum absolute atomic E-state index is 0.000783. The fourth-order valence-electron chi connectivity index (χ4n) is 8.54. The summed E-state index contributed by atoms with van der Waals surface area (Å²) in [6.45, 7) is 7.04. The molecule has 5 rings (SSSR count). The number of aliphatic hydroxyl groups excluding tert-OH is 2. The highest BCUT2D eigenvalue weighted by Crippen LogP contribution is 2.66. The van der Waals surface area contributed by atoms with E-state index in [-0.39, 0.29) is 30.1 Å². The van der Waals surface area contributed by atoms with Crippen molar-refractivity contribution in [1.29, 1.82) is 0 Å². The van der Waals surface area contributed by atoms with Crippen LogP contribution in [0.4, 0.5) is 0 Å². The lowest BCUT2D eigenvalue weighted by atomic mass is 9.39.